The number of amides is 4. The summed E-state index contributed by atoms with van der Waals surface area (Å²) in [6, 6.07) is 27.0. The first-order chi connectivity index (χ1) is 36.3. The summed E-state index contributed by atoms with van der Waals surface area (Å²) in [6.45, 7) is 10.4. The number of rotatable bonds is 14. The number of piperidine rings is 1. The Labute approximate surface area is 438 Å². The van der Waals surface area contributed by atoms with E-state index < -0.39 is 24.3 Å². The van der Waals surface area contributed by atoms with Gasteiger partial charge in [0.05, 0.1) is 60.1 Å². The highest BCUT2D eigenvalue weighted by atomic mass is 19.1. The first-order valence-electron chi connectivity index (χ1n) is 26.9. The van der Waals surface area contributed by atoms with Crippen molar-refractivity contribution in [2.75, 3.05) is 50.2 Å². The van der Waals surface area contributed by atoms with Gasteiger partial charge in [0.1, 0.15) is 29.5 Å². The second-order valence-corrected chi connectivity index (χ2v) is 21.6. The van der Waals surface area contributed by atoms with E-state index in [-0.39, 0.29) is 53.6 Å². The predicted molar refractivity (Wildman–Crippen MR) is 287 cm³/mol. The molecule has 0 bridgehead atoms. The average Bonchev–Trinajstić information content (AvgIpc) is 4.29. The fourth-order valence-corrected chi connectivity index (χ4v) is 12.3. The van der Waals surface area contributed by atoms with Crippen molar-refractivity contribution in [2.45, 2.75) is 128 Å². The second-order valence-electron chi connectivity index (χ2n) is 21.6. The zero-order valence-electron chi connectivity index (χ0n) is 44.0. The summed E-state index contributed by atoms with van der Waals surface area (Å²) in [5, 5.41) is 5.48. The molecule has 0 saturated carbocycles. The van der Waals surface area contributed by atoms with Crippen LogP contribution in [0.15, 0.2) is 84.9 Å². The summed E-state index contributed by atoms with van der Waals surface area (Å²) in [5.41, 5.74) is 8.23. The van der Waals surface area contributed by atoms with Gasteiger partial charge in [-0.1, -0.05) is 70.2 Å². The van der Waals surface area contributed by atoms with Crippen molar-refractivity contribution in [3.8, 4) is 0 Å². The van der Waals surface area contributed by atoms with Crippen LogP contribution in [-0.2, 0) is 25.5 Å². The molecule has 2 aromatic heterocycles. The molecule has 6 aromatic rings. The van der Waals surface area contributed by atoms with Gasteiger partial charge in [0.15, 0.2) is 0 Å². The summed E-state index contributed by atoms with van der Waals surface area (Å²) >= 11 is 0. The molecule has 0 aliphatic carbocycles. The van der Waals surface area contributed by atoms with Crippen LogP contribution < -0.4 is 20.4 Å². The number of fused-ring (bicyclic) bond motifs is 2. The van der Waals surface area contributed by atoms with E-state index in [0.29, 0.717) is 36.9 Å². The fourth-order valence-electron chi connectivity index (χ4n) is 12.3. The van der Waals surface area contributed by atoms with Gasteiger partial charge in [0.2, 0.25) is 11.8 Å². The number of hydrogen-bond donors (Lipinski definition) is 4. The molecule has 75 heavy (non-hydrogen) atoms. The maximum Gasteiger partial charge on any atom is 0.407 e. The highest BCUT2D eigenvalue weighted by Crippen LogP contribution is 2.49. The molecule has 4 aliphatic heterocycles. The maximum absolute atomic E-state index is 16.8. The molecular formula is C58H71FN10O6. The SMILES string of the molecule is COC(=O)N[C@H](C(=O)N1CCCC1Cc1nc2cc([C@H]3CC[C@H](c4ccc5[nH]c([C@@H]6CCCN6C(=O)[C@@H](NC(=O)OC)C(C)C)nc5c4)N3c3ccc(N4CCC(c5ccccc5)CC4)c(F)c3)ccc2[nH]1)C(C)C. The van der Waals surface area contributed by atoms with Crippen LogP contribution in [-0.4, -0.2) is 112 Å². The number of nitrogens with one attached hydrogen (secondary N) is 4. The zero-order valence-corrected chi connectivity index (χ0v) is 44.0. The van der Waals surface area contributed by atoms with Gasteiger partial charge < -0.3 is 49.7 Å². The quantitative estimate of drug-likeness (QED) is 0.0820. The molecule has 4 aliphatic rings. The summed E-state index contributed by atoms with van der Waals surface area (Å²) in [4.78, 5) is 77.8. The molecule has 396 valence electrons. The summed E-state index contributed by atoms with van der Waals surface area (Å²) in [7, 11) is 2.59. The van der Waals surface area contributed by atoms with Crippen LogP contribution in [0.1, 0.15) is 131 Å². The van der Waals surface area contributed by atoms with E-state index >= 15 is 4.39 Å². The lowest BCUT2D eigenvalue weighted by Gasteiger charge is -2.36. The number of methoxy groups -OCH3 is 2. The van der Waals surface area contributed by atoms with Crippen LogP contribution in [0.4, 0.5) is 25.4 Å². The third-order valence-electron chi connectivity index (χ3n) is 16.3. The number of H-pyrrole nitrogens is 2. The van der Waals surface area contributed by atoms with Crippen LogP contribution in [0.3, 0.4) is 0 Å². The lowest BCUT2D eigenvalue weighted by Crippen LogP contribution is -2.52. The number of alkyl carbamates (subject to hydrolysis) is 2. The molecule has 17 heteroatoms. The smallest absolute Gasteiger partial charge is 0.407 e. The van der Waals surface area contributed by atoms with Crippen LogP contribution in [0.2, 0.25) is 0 Å². The topological polar surface area (TPSA) is 181 Å². The van der Waals surface area contributed by atoms with E-state index in [1.54, 1.807) is 6.07 Å². The minimum absolute atomic E-state index is 0.0764. The minimum atomic E-state index is -0.737. The monoisotopic (exact) mass is 1020 g/mol. The Hall–Kier alpha value is -7.17. The van der Waals surface area contributed by atoms with Crippen LogP contribution in [0.25, 0.3) is 22.1 Å². The van der Waals surface area contributed by atoms with Crippen molar-refractivity contribution in [2.24, 2.45) is 11.8 Å². The van der Waals surface area contributed by atoms with Crippen molar-refractivity contribution < 1.29 is 33.0 Å². The standard InChI is InChI=1S/C58H71FN10O6/c1-34(2)52(64-57(72)74-5)55(70)67-26-10-14-40(67)33-51-60-43-19-16-38(30-45(43)61-51)47-22-23-48(69(47)41-18-21-49(42(59)32-41)66-28-24-37(25-29-66)36-12-8-7-9-13-36)39-17-20-44-46(31-39)63-54(62-44)50-15-11-27-68(50)56(71)53(35(3)4)65-58(73)75-6/h7-9,12-13,16-21,30-32,34-35,37,40,47-48,50,52-53H,10-11,14-15,22-29,33H2,1-6H3,(H,60,61)(H,62,63)(H,64,72)(H,65,73)/t40?,47-,48-,50+,52+,53+/m1/s1. The van der Waals surface area contributed by atoms with Gasteiger partial charge in [-0.25, -0.2) is 23.9 Å². The van der Waals surface area contributed by atoms with Crippen molar-refractivity contribution in [3.05, 3.63) is 119 Å². The van der Waals surface area contributed by atoms with E-state index in [1.807, 2.05) is 49.6 Å². The Morgan fingerprint density at radius 3 is 1.84 bits per heavy atom. The van der Waals surface area contributed by atoms with Gasteiger partial charge in [0.25, 0.3) is 0 Å². The Morgan fingerprint density at radius 2 is 1.23 bits per heavy atom. The van der Waals surface area contributed by atoms with E-state index in [2.05, 4.69) is 97.1 Å². The molecule has 1 unspecified atom stereocenters. The molecular weight excluding hydrogens is 952 g/mol. The molecule has 4 aromatic carbocycles. The minimum Gasteiger partial charge on any atom is -0.453 e. The molecule has 4 N–H and O–H groups in total. The Balaban J connectivity index is 0.932. The Morgan fingerprint density at radius 1 is 0.640 bits per heavy atom. The highest BCUT2D eigenvalue weighted by molar-refractivity contribution is 5.87. The van der Waals surface area contributed by atoms with E-state index in [9.17, 15) is 19.2 Å². The number of benzene rings is 4. The molecule has 6 atom stereocenters. The number of aromatic nitrogens is 4. The van der Waals surface area contributed by atoms with Gasteiger partial charge in [-0.05, 0) is 128 Å². The van der Waals surface area contributed by atoms with E-state index in [1.165, 1.54) is 19.8 Å². The molecule has 10 rings (SSSR count). The average molecular weight is 1020 g/mol. The summed E-state index contributed by atoms with van der Waals surface area (Å²) in [5.74, 6) is 1.15. The van der Waals surface area contributed by atoms with Crippen LogP contribution in [0, 0.1) is 17.7 Å². The number of carbonyl (C=O) groups excluding carboxylic acids is 4. The number of carbonyl (C=O) groups is 4. The number of halogens is 1. The zero-order chi connectivity index (χ0) is 52.5. The Bertz CT molecular complexity index is 3020. The lowest BCUT2D eigenvalue weighted by molar-refractivity contribution is -0.136. The number of ether oxygens (including phenoxy) is 2. The van der Waals surface area contributed by atoms with Gasteiger partial charge >= 0.3 is 12.2 Å². The van der Waals surface area contributed by atoms with Gasteiger partial charge in [-0.2, -0.15) is 0 Å². The third kappa shape index (κ3) is 10.6. The normalized spacial score (nSPS) is 21.1. The molecule has 0 radical (unpaired) electrons. The van der Waals surface area contributed by atoms with Crippen LogP contribution in [0.5, 0.6) is 0 Å². The Kier molecular flexibility index (Phi) is 15.0. The summed E-state index contributed by atoms with van der Waals surface area (Å²) < 4.78 is 26.5. The number of nitrogens with zero attached hydrogens (tertiary/aromatic N) is 6. The number of hydrogen-bond acceptors (Lipinski definition) is 10. The molecule has 16 nitrogen and oxygen atoms in total. The number of aromatic amines is 2. The first kappa shape index (κ1) is 51.3. The first-order valence-corrected chi connectivity index (χ1v) is 26.9. The lowest BCUT2D eigenvalue weighted by atomic mass is 9.89. The molecule has 4 amide bonds. The maximum atomic E-state index is 16.8. The number of anilines is 2. The molecule has 6 heterocycles. The van der Waals surface area contributed by atoms with Gasteiger partial charge in [-0.3, -0.25) is 9.59 Å². The van der Waals surface area contributed by atoms with Gasteiger partial charge in [-0.15, -0.1) is 0 Å². The van der Waals surface area contributed by atoms with Crippen molar-refractivity contribution in [1.82, 2.24) is 40.4 Å². The van der Waals surface area contributed by atoms with Crippen molar-refractivity contribution >= 4 is 57.4 Å². The number of imidazole rings is 2. The van der Waals surface area contributed by atoms with E-state index in [0.717, 1.165) is 109 Å². The molecule has 0 spiro atoms. The van der Waals surface area contributed by atoms with Crippen molar-refractivity contribution in [1.29, 1.82) is 0 Å². The number of likely N-dealkylation sites (tertiary alicyclic amines) is 2. The van der Waals surface area contributed by atoms with E-state index in [4.69, 9.17) is 19.4 Å². The molecule has 4 fully saturated rings. The van der Waals surface area contributed by atoms with Crippen molar-refractivity contribution in [3.63, 3.8) is 0 Å². The highest BCUT2D eigenvalue weighted by Gasteiger charge is 2.40. The van der Waals surface area contributed by atoms with Gasteiger partial charge in [0, 0.05) is 44.3 Å². The predicted octanol–water partition coefficient (Wildman–Crippen LogP) is 10.0. The molecule has 4 saturated heterocycles. The second kappa shape index (κ2) is 22.0. The third-order valence-corrected chi connectivity index (χ3v) is 16.3. The summed E-state index contributed by atoms with van der Waals surface area (Å²) in [6.07, 6.45) is 6.04. The largest absolute Gasteiger partial charge is 0.453 e. The fraction of sp³-hybridized carbons (Fsp3) is 0.483. The van der Waals surface area contributed by atoms with Crippen LogP contribution >= 0.6 is 0 Å².